The summed E-state index contributed by atoms with van der Waals surface area (Å²) in [6, 6.07) is 20.9. The zero-order valence-electron chi connectivity index (χ0n) is 33.6. The maximum Gasteiger partial charge on any atom is 0 e. The van der Waals surface area contributed by atoms with Crippen LogP contribution in [0.4, 0.5) is 0 Å². The van der Waals surface area contributed by atoms with E-state index in [2.05, 4.69) is 91.6 Å². The van der Waals surface area contributed by atoms with Gasteiger partial charge in [-0.25, -0.2) is 0 Å². The number of fused-ring (bicyclic) bond motifs is 4. The van der Waals surface area contributed by atoms with Crippen molar-refractivity contribution in [2.24, 2.45) is 10.8 Å². The van der Waals surface area contributed by atoms with Crippen LogP contribution in [0.15, 0.2) is 72.6 Å². The monoisotopic (exact) mass is 919 g/mol. The Balaban J connectivity index is 0.000000335. The van der Waals surface area contributed by atoms with E-state index >= 15 is 0 Å². The molecule has 0 spiro atoms. The Morgan fingerprint density at radius 2 is 1.47 bits per heavy atom. The molecule has 0 amide bonds. The van der Waals surface area contributed by atoms with E-state index in [-0.39, 0.29) is 60.1 Å². The topological polar surface area (TPSA) is 50.2 Å². The molecular formula is C43H56GeIrNO2S-. The third kappa shape index (κ3) is 8.60. The molecule has 265 valence electrons. The molecule has 0 bridgehead atoms. The Labute approximate surface area is 318 Å². The Morgan fingerprint density at radius 3 is 2.04 bits per heavy atom. The van der Waals surface area contributed by atoms with Crippen LogP contribution in [0.1, 0.15) is 96.3 Å². The molecule has 5 aromatic rings. The number of thiophene rings is 1. The fourth-order valence-electron chi connectivity index (χ4n) is 6.04. The molecule has 0 saturated carbocycles. The molecule has 1 N–H and O–H groups in total. The van der Waals surface area contributed by atoms with Gasteiger partial charge in [-0.2, -0.15) is 0 Å². The summed E-state index contributed by atoms with van der Waals surface area (Å²) in [7, 11) is 0. The van der Waals surface area contributed by atoms with Gasteiger partial charge in [0.2, 0.25) is 0 Å². The minimum absolute atomic E-state index is 0. The van der Waals surface area contributed by atoms with E-state index in [9.17, 15) is 9.90 Å². The summed E-state index contributed by atoms with van der Waals surface area (Å²) in [6.45, 7) is 18.8. The van der Waals surface area contributed by atoms with Gasteiger partial charge in [-0.1, -0.05) is 41.5 Å². The molecule has 0 unspecified atom stereocenters. The Hall–Kier alpha value is -2.31. The van der Waals surface area contributed by atoms with Crippen LogP contribution in [-0.4, -0.2) is 29.1 Å². The normalized spacial score (nSPS) is 13.5. The summed E-state index contributed by atoms with van der Waals surface area (Å²) < 4.78 is 20.9. The summed E-state index contributed by atoms with van der Waals surface area (Å²) in [6.07, 6.45) is 4.78. The zero-order chi connectivity index (χ0) is 37.4. The predicted molar refractivity (Wildman–Crippen MR) is 214 cm³/mol. The first-order valence-electron chi connectivity index (χ1n) is 18.5. The SMILES string of the molecule is CCC(C)(CC)C(=O)/C=C(\O)C(C)(CC)CC.[2H]c1nc(-c2[c-]c3ccccc3c(C(C)(C)C)c2)c2sc3[c]([Ge]([CH3])([CH3])[CH3])cccc3c2c1[2H].[Ir]. The standard InChI is InChI=1S/C28H28GeNS.C15H28O2.Ir/c1-28(2,3)23-17-19(16-18-10-7-8-11-20(18)23)25-27-22(14-15-30-25)21-12-9-13-24(26(21)31-27)29(4,5)6;1-7-14(5,8-2)12(16)11-13(17)15(6,9-3)10-4;/h7-15,17H,1-6H3;11,16H,7-10H2,1-6H3;/q-1;;/b;12-11-;/i14D,15D;;. The fourth-order valence-corrected chi connectivity index (χ4v) is 12.1. The van der Waals surface area contributed by atoms with Gasteiger partial charge >= 0.3 is 195 Å². The minimum Gasteiger partial charge on any atom is 0 e. The number of carbonyl (C=O) groups excluding carboxylic acids is 1. The molecule has 3 aromatic carbocycles. The van der Waals surface area contributed by atoms with Crippen molar-refractivity contribution in [1.82, 2.24) is 4.98 Å². The van der Waals surface area contributed by atoms with Crippen molar-refractivity contribution in [2.75, 3.05) is 0 Å². The van der Waals surface area contributed by atoms with Gasteiger partial charge in [0.1, 0.15) is 5.76 Å². The summed E-state index contributed by atoms with van der Waals surface area (Å²) in [5.74, 6) is 7.50. The number of aliphatic hydroxyl groups is 1. The van der Waals surface area contributed by atoms with Gasteiger partial charge in [-0.3, -0.25) is 4.79 Å². The number of ketones is 1. The number of allylic oxidation sites excluding steroid dienone is 2. The van der Waals surface area contributed by atoms with Gasteiger partial charge < -0.3 is 5.11 Å². The first-order valence-corrected chi connectivity index (χ1v) is 25.7. The van der Waals surface area contributed by atoms with Gasteiger partial charge in [0.05, 0.1) is 0 Å². The molecule has 0 aliphatic rings. The Kier molecular flexibility index (Phi) is 12.3. The van der Waals surface area contributed by atoms with Crippen molar-refractivity contribution in [3.05, 3.63) is 84.2 Å². The largest absolute Gasteiger partial charge is 0 e. The van der Waals surface area contributed by atoms with E-state index in [0.717, 1.165) is 57.8 Å². The quantitative estimate of drug-likeness (QED) is 0.0694. The summed E-state index contributed by atoms with van der Waals surface area (Å²) in [5.41, 5.74) is 2.27. The first kappa shape index (κ1) is 37.9. The molecule has 5 rings (SSSR count). The van der Waals surface area contributed by atoms with Gasteiger partial charge in [-0.15, -0.1) is 0 Å². The summed E-state index contributed by atoms with van der Waals surface area (Å²) in [5, 5.41) is 14.3. The number of pyridine rings is 1. The molecule has 0 aliphatic heterocycles. The second kappa shape index (κ2) is 15.9. The van der Waals surface area contributed by atoms with Crippen LogP contribution < -0.4 is 4.40 Å². The van der Waals surface area contributed by atoms with Crippen LogP contribution in [0.3, 0.4) is 0 Å². The molecule has 0 saturated heterocycles. The molecule has 0 fully saturated rings. The molecule has 1 radical (unpaired) electrons. The van der Waals surface area contributed by atoms with Crippen LogP contribution in [0.2, 0.25) is 17.3 Å². The number of aromatic nitrogens is 1. The average molecular weight is 918 g/mol. The number of aliphatic hydroxyl groups excluding tert-OH is 1. The Bertz CT molecular complexity index is 2060. The zero-order valence-corrected chi connectivity index (χ0v) is 36.9. The summed E-state index contributed by atoms with van der Waals surface area (Å²) >= 11 is -0.393. The molecule has 6 heteroatoms. The number of hydrogen-bond acceptors (Lipinski definition) is 4. The van der Waals surface area contributed by atoms with Crippen LogP contribution in [-0.2, 0) is 30.3 Å². The fraction of sp³-hybridized carbons (Fsp3) is 0.442. The Morgan fingerprint density at radius 1 is 0.878 bits per heavy atom. The van der Waals surface area contributed by atoms with Crippen molar-refractivity contribution in [3.63, 3.8) is 0 Å². The van der Waals surface area contributed by atoms with Crippen LogP contribution in [0, 0.1) is 16.9 Å². The molecular weight excluding hydrogens is 859 g/mol. The van der Waals surface area contributed by atoms with Crippen LogP contribution in [0.5, 0.6) is 0 Å². The van der Waals surface area contributed by atoms with Gasteiger partial charge in [0.15, 0.2) is 5.78 Å². The van der Waals surface area contributed by atoms with Crippen molar-refractivity contribution in [2.45, 2.75) is 111 Å². The van der Waals surface area contributed by atoms with E-state index in [4.69, 9.17) is 2.74 Å². The van der Waals surface area contributed by atoms with E-state index < -0.39 is 13.3 Å². The second-order valence-corrected chi connectivity index (χ2v) is 27.3. The van der Waals surface area contributed by atoms with Crippen LogP contribution in [0.25, 0.3) is 42.2 Å². The van der Waals surface area contributed by atoms with Crippen molar-refractivity contribution >= 4 is 65.7 Å². The average Bonchev–Trinajstić information content (AvgIpc) is 3.47. The van der Waals surface area contributed by atoms with Gasteiger partial charge in [-0.05, 0) is 25.7 Å². The van der Waals surface area contributed by atoms with Crippen LogP contribution >= 0.6 is 11.3 Å². The van der Waals surface area contributed by atoms with Crippen molar-refractivity contribution in [1.29, 1.82) is 0 Å². The van der Waals surface area contributed by atoms with Crippen molar-refractivity contribution < 1.29 is 32.7 Å². The number of benzene rings is 3. The van der Waals surface area contributed by atoms with Gasteiger partial charge in [0.25, 0.3) is 0 Å². The number of hydrogen-bond donors (Lipinski definition) is 1. The molecule has 0 aliphatic carbocycles. The molecule has 3 nitrogen and oxygen atoms in total. The van der Waals surface area contributed by atoms with Gasteiger partial charge in [0, 0.05) is 37.0 Å². The number of rotatable bonds is 9. The predicted octanol–water partition coefficient (Wildman–Crippen LogP) is 12.6. The van der Waals surface area contributed by atoms with Crippen molar-refractivity contribution in [3.8, 4) is 11.3 Å². The third-order valence-electron chi connectivity index (χ3n) is 10.5. The number of carbonyl (C=O) groups is 1. The minimum atomic E-state index is -2.13. The van der Waals surface area contributed by atoms with E-state index in [1.807, 2.05) is 47.6 Å². The summed E-state index contributed by atoms with van der Waals surface area (Å²) in [4.78, 5) is 16.8. The number of nitrogens with zero attached hydrogens (tertiary/aromatic N) is 1. The molecule has 49 heavy (non-hydrogen) atoms. The molecule has 2 heterocycles. The first-order chi connectivity index (χ1) is 23.3. The van der Waals surface area contributed by atoms with E-state index in [1.54, 1.807) is 11.3 Å². The van der Waals surface area contributed by atoms with E-state index in [1.165, 1.54) is 26.1 Å². The maximum absolute atomic E-state index is 12.2. The van der Waals surface area contributed by atoms with E-state index in [0.29, 0.717) is 0 Å². The second-order valence-electron chi connectivity index (χ2n) is 15.8. The smallest absolute Gasteiger partial charge is 0 e. The molecule has 2 aromatic heterocycles. The maximum atomic E-state index is 12.2. The third-order valence-corrected chi connectivity index (χ3v) is 16.4. The molecule has 0 atom stereocenters.